The summed E-state index contributed by atoms with van der Waals surface area (Å²) in [6.45, 7) is 7.09. The number of amides is 2. The van der Waals surface area contributed by atoms with Gasteiger partial charge in [-0.05, 0) is 41.2 Å². The fourth-order valence-corrected chi connectivity index (χ4v) is 2.95. The lowest BCUT2D eigenvalue weighted by Gasteiger charge is -2.27. The number of hydrogen-bond donors (Lipinski definition) is 2. The second-order valence-electron chi connectivity index (χ2n) is 7.59. The topological polar surface area (TPSA) is 91.8 Å². The van der Waals surface area contributed by atoms with Crippen LogP contribution in [0.5, 0.6) is 5.75 Å². The molecule has 0 spiro atoms. The average Bonchev–Trinajstić information content (AvgIpc) is 2.66. The van der Waals surface area contributed by atoms with E-state index in [1.165, 1.54) is 6.20 Å². The molecule has 3 rings (SSSR count). The Kier molecular flexibility index (Phi) is 5.14. The van der Waals surface area contributed by atoms with Crippen LogP contribution in [0.2, 0.25) is 0 Å². The zero-order valence-corrected chi connectivity index (χ0v) is 15.7. The van der Waals surface area contributed by atoms with Crippen molar-refractivity contribution in [3.8, 4) is 5.75 Å². The number of carbonyl (C=O) groups excluding carboxylic acids is 2. The van der Waals surface area contributed by atoms with E-state index in [1.54, 1.807) is 22.5 Å². The Balaban J connectivity index is 1.70. The molecule has 0 radical (unpaired) electrons. The number of hydrogen-bond acceptors (Lipinski definition) is 5. The Bertz CT molecular complexity index is 874. The van der Waals surface area contributed by atoms with Crippen LogP contribution in [0, 0.1) is 0 Å². The van der Waals surface area contributed by atoms with Crippen molar-refractivity contribution in [1.29, 1.82) is 0 Å². The van der Waals surface area contributed by atoms with Gasteiger partial charge in [0.25, 0.3) is 5.91 Å². The molecule has 2 amide bonds. The number of benzene rings is 1. The van der Waals surface area contributed by atoms with Gasteiger partial charge in [0.1, 0.15) is 5.75 Å². The molecule has 27 heavy (non-hydrogen) atoms. The molecular formula is C20H23N3O4. The van der Waals surface area contributed by atoms with Crippen LogP contribution in [-0.2, 0) is 18.4 Å². The molecule has 0 bridgehead atoms. The number of nitrogens with one attached hydrogen (secondary N) is 1. The molecular weight excluding hydrogens is 346 g/mol. The molecule has 1 aliphatic heterocycles. The molecule has 2 heterocycles. The Labute approximate surface area is 157 Å². The fourth-order valence-electron chi connectivity index (χ4n) is 2.95. The lowest BCUT2D eigenvalue weighted by atomic mass is 9.87. The summed E-state index contributed by atoms with van der Waals surface area (Å²) in [5.41, 5.74) is 4.54. The van der Waals surface area contributed by atoms with Crippen molar-refractivity contribution in [1.82, 2.24) is 15.4 Å². The van der Waals surface area contributed by atoms with Gasteiger partial charge in [-0.2, -0.15) is 0 Å². The van der Waals surface area contributed by atoms with Gasteiger partial charge in [-0.3, -0.25) is 15.0 Å². The van der Waals surface area contributed by atoms with Crippen LogP contribution in [0.25, 0.3) is 0 Å². The minimum Gasteiger partial charge on any atom is -0.410 e. The zero-order valence-electron chi connectivity index (χ0n) is 15.7. The SMILES string of the molecule is CC(C)(C)c1cccc(OC(=O)N2CCc3cc(C(=O)NO)cnc3C2)c1. The van der Waals surface area contributed by atoms with Crippen molar-refractivity contribution < 1.29 is 19.5 Å². The van der Waals surface area contributed by atoms with E-state index >= 15 is 0 Å². The third-order valence-corrected chi connectivity index (χ3v) is 4.58. The molecule has 1 aromatic carbocycles. The molecule has 2 N–H and O–H groups in total. The molecule has 142 valence electrons. The van der Waals surface area contributed by atoms with Gasteiger partial charge in [-0.15, -0.1) is 0 Å². The highest BCUT2D eigenvalue weighted by Crippen LogP contribution is 2.26. The Morgan fingerprint density at radius 3 is 2.74 bits per heavy atom. The zero-order chi connectivity index (χ0) is 19.6. The van der Waals surface area contributed by atoms with Crippen LogP contribution >= 0.6 is 0 Å². The van der Waals surface area contributed by atoms with Crippen LogP contribution in [-0.4, -0.2) is 33.6 Å². The minimum atomic E-state index is -0.606. The summed E-state index contributed by atoms with van der Waals surface area (Å²) in [6.07, 6.45) is 1.52. The monoisotopic (exact) mass is 369 g/mol. The molecule has 0 atom stereocenters. The van der Waals surface area contributed by atoms with Crippen molar-refractivity contribution >= 4 is 12.0 Å². The van der Waals surface area contributed by atoms with E-state index in [-0.39, 0.29) is 11.0 Å². The summed E-state index contributed by atoms with van der Waals surface area (Å²) in [4.78, 5) is 29.9. The number of aromatic nitrogens is 1. The number of hydroxylamine groups is 1. The highest BCUT2D eigenvalue weighted by molar-refractivity contribution is 5.93. The van der Waals surface area contributed by atoms with Gasteiger partial charge in [-0.1, -0.05) is 32.9 Å². The molecule has 7 nitrogen and oxygen atoms in total. The van der Waals surface area contributed by atoms with E-state index in [4.69, 9.17) is 9.94 Å². The van der Waals surface area contributed by atoms with Crippen molar-refractivity contribution in [2.45, 2.75) is 39.2 Å². The standard InChI is InChI=1S/C20H23N3O4/c1-20(2,3)15-5-4-6-16(10-15)27-19(25)23-8-7-13-9-14(18(24)22-26)11-21-17(13)12-23/h4-6,9-11,26H,7-8,12H2,1-3H3,(H,22,24). The van der Waals surface area contributed by atoms with Crippen molar-refractivity contribution in [2.75, 3.05) is 6.54 Å². The van der Waals surface area contributed by atoms with E-state index in [0.29, 0.717) is 25.3 Å². The quantitative estimate of drug-likeness (QED) is 0.627. The van der Waals surface area contributed by atoms with Crippen LogP contribution < -0.4 is 10.2 Å². The van der Waals surface area contributed by atoms with Gasteiger partial charge in [0.2, 0.25) is 0 Å². The third kappa shape index (κ3) is 4.25. The maximum atomic E-state index is 12.5. The van der Waals surface area contributed by atoms with E-state index in [0.717, 1.165) is 16.8 Å². The Morgan fingerprint density at radius 2 is 2.04 bits per heavy atom. The second-order valence-corrected chi connectivity index (χ2v) is 7.59. The molecule has 1 aliphatic rings. The smallest absolute Gasteiger partial charge is 0.410 e. The van der Waals surface area contributed by atoms with E-state index < -0.39 is 12.0 Å². The summed E-state index contributed by atoms with van der Waals surface area (Å²) < 4.78 is 5.55. The van der Waals surface area contributed by atoms with E-state index in [1.807, 2.05) is 18.2 Å². The van der Waals surface area contributed by atoms with Gasteiger partial charge in [-0.25, -0.2) is 10.3 Å². The molecule has 0 unspecified atom stereocenters. The Morgan fingerprint density at radius 1 is 1.26 bits per heavy atom. The van der Waals surface area contributed by atoms with Crippen LogP contribution in [0.4, 0.5) is 4.79 Å². The van der Waals surface area contributed by atoms with Crippen molar-refractivity contribution in [3.63, 3.8) is 0 Å². The predicted molar refractivity (Wildman–Crippen MR) is 98.8 cm³/mol. The lowest BCUT2D eigenvalue weighted by Crippen LogP contribution is -2.38. The summed E-state index contributed by atoms with van der Waals surface area (Å²) in [5, 5.41) is 8.72. The first kappa shape index (κ1) is 18.8. The molecule has 1 aromatic heterocycles. The lowest BCUT2D eigenvalue weighted by molar-refractivity contribution is 0.0705. The number of carbonyl (C=O) groups is 2. The average molecular weight is 369 g/mol. The van der Waals surface area contributed by atoms with Gasteiger partial charge >= 0.3 is 6.09 Å². The van der Waals surface area contributed by atoms with E-state index in [9.17, 15) is 9.59 Å². The first-order valence-electron chi connectivity index (χ1n) is 8.77. The predicted octanol–water partition coefficient (Wildman–Crippen LogP) is 3.06. The number of ether oxygens (including phenoxy) is 1. The maximum Gasteiger partial charge on any atom is 0.415 e. The molecule has 2 aromatic rings. The highest BCUT2D eigenvalue weighted by Gasteiger charge is 2.24. The fraction of sp³-hybridized carbons (Fsp3) is 0.350. The van der Waals surface area contributed by atoms with Crippen LogP contribution in [0.15, 0.2) is 36.5 Å². The molecule has 0 fully saturated rings. The molecule has 0 aliphatic carbocycles. The largest absolute Gasteiger partial charge is 0.415 e. The van der Waals surface area contributed by atoms with Gasteiger partial charge in [0.05, 0.1) is 17.8 Å². The first-order chi connectivity index (χ1) is 12.8. The number of rotatable bonds is 2. The summed E-state index contributed by atoms with van der Waals surface area (Å²) in [6, 6.07) is 9.22. The number of pyridine rings is 1. The maximum absolute atomic E-state index is 12.5. The second kappa shape index (κ2) is 7.36. The van der Waals surface area contributed by atoms with Gasteiger partial charge < -0.3 is 9.64 Å². The highest BCUT2D eigenvalue weighted by atomic mass is 16.6. The van der Waals surface area contributed by atoms with Gasteiger partial charge in [0.15, 0.2) is 0 Å². The van der Waals surface area contributed by atoms with E-state index in [2.05, 4.69) is 25.8 Å². The third-order valence-electron chi connectivity index (χ3n) is 4.58. The first-order valence-corrected chi connectivity index (χ1v) is 8.77. The molecule has 0 saturated carbocycles. The number of nitrogens with zero attached hydrogens (tertiary/aromatic N) is 2. The molecule has 0 saturated heterocycles. The van der Waals surface area contributed by atoms with Gasteiger partial charge in [0, 0.05) is 12.7 Å². The molecule has 7 heteroatoms. The van der Waals surface area contributed by atoms with Crippen molar-refractivity contribution in [2.24, 2.45) is 0 Å². The summed E-state index contributed by atoms with van der Waals surface area (Å²) in [7, 11) is 0. The van der Waals surface area contributed by atoms with Crippen LogP contribution in [0.1, 0.15) is 48.0 Å². The Hall–Kier alpha value is -2.93. The normalized spacial score (nSPS) is 13.7. The van der Waals surface area contributed by atoms with Crippen molar-refractivity contribution in [3.05, 3.63) is 58.9 Å². The van der Waals surface area contributed by atoms with Crippen LogP contribution in [0.3, 0.4) is 0 Å². The summed E-state index contributed by atoms with van der Waals surface area (Å²) in [5.74, 6) is -0.0907. The number of fused-ring (bicyclic) bond motifs is 1. The minimum absolute atomic E-state index is 0.0328. The summed E-state index contributed by atoms with van der Waals surface area (Å²) >= 11 is 0.